The zero-order chi connectivity index (χ0) is 34.1. The summed E-state index contributed by atoms with van der Waals surface area (Å²) >= 11 is 1.73. The summed E-state index contributed by atoms with van der Waals surface area (Å²) in [5.74, 6) is 3.46. The first-order valence-electron chi connectivity index (χ1n) is 17.0. The van der Waals surface area contributed by atoms with Gasteiger partial charge in [0.25, 0.3) is 0 Å². The summed E-state index contributed by atoms with van der Waals surface area (Å²) in [7, 11) is 0. The van der Waals surface area contributed by atoms with Crippen LogP contribution in [0.2, 0.25) is 0 Å². The van der Waals surface area contributed by atoms with Gasteiger partial charge in [0.15, 0.2) is 5.82 Å². The molecule has 254 valence electrons. The van der Waals surface area contributed by atoms with Crippen LogP contribution in [0, 0.1) is 6.92 Å². The number of carbonyl (C=O) groups is 1. The molecule has 10 nitrogen and oxygen atoms in total. The monoisotopic (exact) mass is 676 g/mol. The van der Waals surface area contributed by atoms with Crippen LogP contribution in [-0.4, -0.2) is 61.4 Å². The van der Waals surface area contributed by atoms with Crippen LogP contribution in [0.5, 0.6) is 5.75 Å². The number of urea groups is 1. The van der Waals surface area contributed by atoms with E-state index in [9.17, 15) is 4.79 Å². The zero-order valence-electron chi connectivity index (χ0n) is 28.9. The third kappa shape index (κ3) is 6.95. The lowest BCUT2D eigenvalue weighted by Gasteiger charge is -2.28. The Hall–Kier alpha value is -4.61. The van der Waals surface area contributed by atoms with Gasteiger partial charge in [0, 0.05) is 47.3 Å². The molecule has 0 atom stereocenters. The average molecular weight is 677 g/mol. The highest BCUT2D eigenvalue weighted by Gasteiger charge is 2.25. The van der Waals surface area contributed by atoms with Crippen molar-refractivity contribution in [2.24, 2.45) is 0 Å². The molecule has 1 aliphatic carbocycles. The van der Waals surface area contributed by atoms with Gasteiger partial charge in [0.05, 0.1) is 17.9 Å². The summed E-state index contributed by atoms with van der Waals surface area (Å²) in [6.07, 6.45) is 4.97. The van der Waals surface area contributed by atoms with Crippen LogP contribution in [0.4, 0.5) is 16.3 Å². The van der Waals surface area contributed by atoms with Crippen LogP contribution in [0.25, 0.3) is 17.1 Å². The molecule has 2 N–H and O–H groups in total. The number of thioether (sulfide) groups is 1. The van der Waals surface area contributed by atoms with Crippen molar-refractivity contribution in [3.63, 3.8) is 0 Å². The van der Waals surface area contributed by atoms with Gasteiger partial charge < -0.3 is 14.6 Å². The van der Waals surface area contributed by atoms with Crippen molar-refractivity contribution in [2.45, 2.75) is 70.4 Å². The van der Waals surface area contributed by atoms with Crippen molar-refractivity contribution >= 4 is 29.3 Å². The van der Waals surface area contributed by atoms with E-state index in [1.54, 1.807) is 16.4 Å². The molecule has 3 aromatic carbocycles. The molecule has 0 fully saturated rings. The molecule has 11 heteroatoms. The highest BCUT2D eigenvalue weighted by Crippen LogP contribution is 2.36. The number of fused-ring (bicyclic) bond motifs is 2. The van der Waals surface area contributed by atoms with E-state index in [-0.39, 0.29) is 11.4 Å². The van der Waals surface area contributed by atoms with Crippen LogP contribution >= 0.6 is 11.8 Å². The Morgan fingerprint density at radius 1 is 0.959 bits per heavy atom. The van der Waals surface area contributed by atoms with Crippen molar-refractivity contribution in [1.29, 1.82) is 0 Å². The van der Waals surface area contributed by atoms with Gasteiger partial charge in [-0.1, -0.05) is 56.7 Å². The van der Waals surface area contributed by atoms with Crippen molar-refractivity contribution in [3.8, 4) is 22.8 Å². The van der Waals surface area contributed by atoms with Crippen molar-refractivity contribution in [2.75, 3.05) is 36.6 Å². The van der Waals surface area contributed by atoms with Gasteiger partial charge in [-0.2, -0.15) is 5.10 Å². The van der Waals surface area contributed by atoms with Crippen molar-refractivity contribution in [3.05, 3.63) is 94.9 Å². The molecule has 0 unspecified atom stereocenters. The Morgan fingerprint density at radius 2 is 1.76 bits per heavy atom. The summed E-state index contributed by atoms with van der Waals surface area (Å²) in [6, 6.07) is 22.1. The first-order chi connectivity index (χ1) is 23.7. The Labute approximate surface area is 292 Å². The molecule has 0 saturated heterocycles. The number of benzene rings is 3. The van der Waals surface area contributed by atoms with Gasteiger partial charge in [-0.15, -0.1) is 22.0 Å². The lowest BCUT2D eigenvalue weighted by atomic mass is 9.92. The second-order valence-electron chi connectivity index (χ2n) is 13.8. The Balaban J connectivity index is 0.990. The topological polar surface area (TPSA) is 102 Å². The Kier molecular flexibility index (Phi) is 9.21. The van der Waals surface area contributed by atoms with Gasteiger partial charge in [-0.25, -0.2) is 9.48 Å². The Bertz CT molecular complexity index is 1970. The van der Waals surface area contributed by atoms with E-state index in [4.69, 9.17) is 9.84 Å². The lowest BCUT2D eigenvalue weighted by molar-refractivity contribution is 0.174. The van der Waals surface area contributed by atoms with Crippen LogP contribution in [0.1, 0.15) is 55.4 Å². The van der Waals surface area contributed by atoms with E-state index in [1.165, 1.54) is 16.0 Å². The number of hydrogen-bond donors (Lipinski definition) is 2. The SMILES string of the molecule is CSc1ccccc1-c1nnc2n1CCN(CCOc1ccc(NC(=O)Nc3cc(C(C)(C)C)nn3-c3ccc(C)cc3)c3c1CCC3)C2. The Morgan fingerprint density at radius 3 is 2.55 bits per heavy atom. The highest BCUT2D eigenvalue weighted by molar-refractivity contribution is 7.98. The number of nitrogens with one attached hydrogen (secondary N) is 2. The highest BCUT2D eigenvalue weighted by atomic mass is 32.2. The second-order valence-corrected chi connectivity index (χ2v) is 14.7. The van der Waals surface area contributed by atoms with Crippen molar-refractivity contribution < 1.29 is 9.53 Å². The van der Waals surface area contributed by atoms with Crippen LogP contribution in [0.15, 0.2) is 71.6 Å². The molecule has 0 spiro atoms. The zero-order valence-corrected chi connectivity index (χ0v) is 29.7. The van der Waals surface area contributed by atoms with E-state index >= 15 is 0 Å². The third-order valence-corrected chi connectivity index (χ3v) is 10.1. The van der Waals surface area contributed by atoms with Gasteiger partial charge in [0.2, 0.25) is 0 Å². The fourth-order valence-electron chi connectivity index (χ4n) is 6.63. The number of carbonyl (C=O) groups excluding carboxylic acids is 1. The molecule has 2 aromatic heterocycles. The molecule has 0 bridgehead atoms. The first-order valence-corrected chi connectivity index (χ1v) is 18.2. The van der Waals surface area contributed by atoms with E-state index in [0.717, 1.165) is 91.0 Å². The van der Waals surface area contributed by atoms with Crippen LogP contribution < -0.4 is 15.4 Å². The van der Waals surface area contributed by atoms with E-state index < -0.39 is 0 Å². The molecule has 2 amide bonds. The minimum Gasteiger partial charge on any atom is -0.492 e. The molecule has 1 aliphatic heterocycles. The molecular formula is C38H44N8O2S. The minimum absolute atomic E-state index is 0.170. The molecular weight excluding hydrogens is 633 g/mol. The summed E-state index contributed by atoms with van der Waals surface area (Å²) < 4.78 is 10.4. The van der Waals surface area contributed by atoms with Crippen LogP contribution in [-0.2, 0) is 31.3 Å². The van der Waals surface area contributed by atoms with Gasteiger partial charge in [-0.05, 0) is 73.9 Å². The van der Waals surface area contributed by atoms with Crippen LogP contribution in [0.3, 0.4) is 0 Å². The van der Waals surface area contributed by atoms with Gasteiger partial charge in [0.1, 0.15) is 24.0 Å². The maximum atomic E-state index is 13.4. The average Bonchev–Trinajstić information content (AvgIpc) is 3.85. The molecule has 0 radical (unpaired) electrons. The van der Waals surface area contributed by atoms with Gasteiger partial charge in [-0.3, -0.25) is 10.2 Å². The van der Waals surface area contributed by atoms with E-state index in [1.807, 2.05) is 42.5 Å². The standard InChI is InChI=1S/C38H44N8O2S/c1-25-13-15-26(16-14-25)46-34(23-33(43-46)38(2,3)4)40-37(47)39-30-17-18-31(28-11-8-10-27(28)30)48-22-21-44-19-20-45-35(24-44)41-42-36(45)29-9-6-7-12-32(29)49-5/h6-7,9,12-18,23H,8,10-11,19-22,24H2,1-5H3,(H2,39,40,47). The van der Waals surface area contributed by atoms with E-state index in [0.29, 0.717) is 12.4 Å². The molecule has 5 aromatic rings. The maximum Gasteiger partial charge on any atom is 0.324 e. The molecule has 2 aliphatic rings. The molecule has 7 rings (SSSR count). The number of hydrogen-bond acceptors (Lipinski definition) is 7. The number of rotatable bonds is 9. The fraction of sp³-hybridized carbons (Fsp3) is 0.368. The lowest BCUT2D eigenvalue weighted by Crippen LogP contribution is -2.36. The summed E-state index contributed by atoms with van der Waals surface area (Å²) in [5.41, 5.74) is 7.09. The quantitative estimate of drug-likeness (QED) is 0.156. The largest absolute Gasteiger partial charge is 0.492 e. The summed E-state index contributed by atoms with van der Waals surface area (Å²) in [5, 5.41) is 20.1. The van der Waals surface area contributed by atoms with E-state index in [2.05, 4.69) is 88.5 Å². The normalized spacial score (nSPS) is 14.4. The number of ether oxygens (including phenoxy) is 1. The fourth-order valence-corrected chi connectivity index (χ4v) is 7.22. The second kappa shape index (κ2) is 13.7. The van der Waals surface area contributed by atoms with Gasteiger partial charge >= 0.3 is 6.03 Å². The number of nitrogens with zero attached hydrogens (tertiary/aromatic N) is 6. The molecule has 3 heterocycles. The molecule has 49 heavy (non-hydrogen) atoms. The predicted molar refractivity (Wildman–Crippen MR) is 196 cm³/mol. The number of aromatic nitrogens is 5. The number of amides is 2. The first kappa shape index (κ1) is 32.9. The number of aryl methyl sites for hydroxylation is 1. The third-order valence-electron chi connectivity index (χ3n) is 9.33. The summed E-state index contributed by atoms with van der Waals surface area (Å²) in [6.45, 7) is 12.3. The maximum absolute atomic E-state index is 13.4. The summed E-state index contributed by atoms with van der Waals surface area (Å²) in [4.78, 5) is 17.0. The molecule has 0 saturated carbocycles. The smallest absolute Gasteiger partial charge is 0.324 e. The minimum atomic E-state index is -0.297. The van der Waals surface area contributed by atoms with Crippen molar-refractivity contribution in [1.82, 2.24) is 29.4 Å². The predicted octanol–water partition coefficient (Wildman–Crippen LogP) is 7.49. The number of anilines is 2.